The quantitative estimate of drug-likeness (QED) is 0.861. The van der Waals surface area contributed by atoms with Crippen LogP contribution >= 0.6 is 11.5 Å². The van der Waals surface area contributed by atoms with Gasteiger partial charge < -0.3 is 15.0 Å². The van der Waals surface area contributed by atoms with Gasteiger partial charge in [0.05, 0.1) is 12.2 Å². The molecular formula is C10H12N4O2S. The molecule has 0 aliphatic heterocycles. The van der Waals surface area contributed by atoms with E-state index in [0.29, 0.717) is 17.2 Å². The van der Waals surface area contributed by atoms with E-state index in [1.54, 1.807) is 13.1 Å². The summed E-state index contributed by atoms with van der Waals surface area (Å²) in [6, 6.07) is 0. The van der Waals surface area contributed by atoms with Crippen molar-refractivity contribution >= 4 is 22.5 Å². The first-order chi connectivity index (χ1) is 8.09. The lowest BCUT2D eigenvalue weighted by molar-refractivity contribution is 0.0697. The maximum absolute atomic E-state index is 11.0. The van der Waals surface area contributed by atoms with E-state index in [-0.39, 0.29) is 5.56 Å². The summed E-state index contributed by atoms with van der Waals surface area (Å²) in [6.45, 7) is 2.16. The number of rotatable bonds is 4. The second kappa shape index (κ2) is 4.54. The zero-order valence-electron chi connectivity index (χ0n) is 9.47. The summed E-state index contributed by atoms with van der Waals surface area (Å²) in [5.41, 5.74) is 0.772. The van der Waals surface area contributed by atoms with Gasteiger partial charge in [-0.1, -0.05) is 0 Å². The number of nitrogens with zero attached hydrogens (tertiary/aromatic N) is 3. The van der Waals surface area contributed by atoms with Gasteiger partial charge in [0.15, 0.2) is 0 Å². The summed E-state index contributed by atoms with van der Waals surface area (Å²) in [5.74, 6) is -0.119. The van der Waals surface area contributed by atoms with Gasteiger partial charge in [-0.2, -0.15) is 4.37 Å². The van der Waals surface area contributed by atoms with Crippen molar-refractivity contribution in [3.05, 3.63) is 29.5 Å². The standard InChI is InChI=1S/C10H12N4O2S/c1-6-8(10(15)16)9(17-13-6)12-5-7-11-3-4-14(7)2/h3-4,12H,5H2,1-2H3,(H,15,16). The highest BCUT2D eigenvalue weighted by Gasteiger charge is 2.17. The number of carboxylic acids is 1. The number of hydrogen-bond donors (Lipinski definition) is 2. The van der Waals surface area contributed by atoms with Gasteiger partial charge in [0, 0.05) is 19.4 Å². The molecular weight excluding hydrogens is 240 g/mol. The van der Waals surface area contributed by atoms with Gasteiger partial charge in [0.25, 0.3) is 0 Å². The molecule has 0 spiro atoms. The number of aromatic nitrogens is 3. The molecule has 2 rings (SSSR count). The molecule has 0 fully saturated rings. The zero-order chi connectivity index (χ0) is 12.4. The average Bonchev–Trinajstić information content (AvgIpc) is 2.82. The third-order valence-electron chi connectivity index (χ3n) is 2.40. The van der Waals surface area contributed by atoms with Crippen molar-refractivity contribution in [1.82, 2.24) is 13.9 Å². The second-order valence-corrected chi connectivity index (χ2v) is 4.36. The van der Waals surface area contributed by atoms with Crippen LogP contribution in [0.3, 0.4) is 0 Å². The predicted octanol–water partition coefficient (Wildman–Crippen LogP) is 1.50. The molecule has 0 aromatic carbocycles. The Morgan fingerprint density at radius 2 is 2.41 bits per heavy atom. The number of aryl methyl sites for hydroxylation is 2. The zero-order valence-corrected chi connectivity index (χ0v) is 10.3. The minimum atomic E-state index is -0.960. The van der Waals surface area contributed by atoms with Crippen LogP contribution in [0, 0.1) is 6.92 Å². The van der Waals surface area contributed by atoms with Crippen LogP contribution in [0.4, 0.5) is 5.00 Å². The first-order valence-corrected chi connectivity index (χ1v) is 5.76. The Hall–Kier alpha value is -1.89. The van der Waals surface area contributed by atoms with E-state index < -0.39 is 5.97 Å². The van der Waals surface area contributed by atoms with E-state index in [0.717, 1.165) is 17.4 Å². The molecule has 0 aliphatic carbocycles. The van der Waals surface area contributed by atoms with E-state index in [4.69, 9.17) is 5.11 Å². The molecule has 0 atom stereocenters. The van der Waals surface area contributed by atoms with Gasteiger partial charge in [0.1, 0.15) is 16.4 Å². The lowest BCUT2D eigenvalue weighted by Gasteiger charge is -2.04. The summed E-state index contributed by atoms with van der Waals surface area (Å²) < 4.78 is 5.91. The third kappa shape index (κ3) is 2.28. The lowest BCUT2D eigenvalue weighted by Crippen LogP contribution is -2.08. The highest BCUT2D eigenvalue weighted by molar-refractivity contribution is 7.10. The summed E-state index contributed by atoms with van der Waals surface area (Å²) >= 11 is 1.15. The van der Waals surface area contributed by atoms with Crippen molar-refractivity contribution in [2.75, 3.05) is 5.32 Å². The molecule has 7 heteroatoms. The van der Waals surface area contributed by atoms with E-state index in [2.05, 4.69) is 14.7 Å². The van der Waals surface area contributed by atoms with Gasteiger partial charge in [0.2, 0.25) is 0 Å². The molecule has 0 bridgehead atoms. The normalized spacial score (nSPS) is 10.5. The SMILES string of the molecule is Cc1nsc(NCc2nccn2C)c1C(=O)O. The van der Waals surface area contributed by atoms with Crippen molar-refractivity contribution in [2.45, 2.75) is 13.5 Å². The van der Waals surface area contributed by atoms with Crippen LogP contribution in [0.5, 0.6) is 0 Å². The Morgan fingerprint density at radius 3 is 3.00 bits per heavy atom. The number of aromatic carboxylic acids is 1. The Morgan fingerprint density at radius 1 is 1.65 bits per heavy atom. The number of anilines is 1. The Balaban J connectivity index is 2.15. The number of hydrogen-bond acceptors (Lipinski definition) is 5. The molecule has 2 aromatic heterocycles. The summed E-state index contributed by atoms with van der Waals surface area (Å²) in [6.07, 6.45) is 3.54. The highest BCUT2D eigenvalue weighted by Crippen LogP contribution is 2.24. The van der Waals surface area contributed by atoms with Gasteiger partial charge in [-0.05, 0) is 18.5 Å². The fourth-order valence-corrected chi connectivity index (χ4v) is 2.25. The van der Waals surface area contributed by atoms with Gasteiger partial charge >= 0.3 is 5.97 Å². The topological polar surface area (TPSA) is 80.0 Å². The molecule has 0 saturated carbocycles. The molecule has 0 amide bonds. The van der Waals surface area contributed by atoms with Crippen LogP contribution in [0.2, 0.25) is 0 Å². The van der Waals surface area contributed by atoms with Crippen LogP contribution in [0.15, 0.2) is 12.4 Å². The fraction of sp³-hybridized carbons (Fsp3) is 0.300. The largest absolute Gasteiger partial charge is 0.478 e. The lowest BCUT2D eigenvalue weighted by atomic mass is 10.2. The van der Waals surface area contributed by atoms with Crippen molar-refractivity contribution in [2.24, 2.45) is 7.05 Å². The molecule has 6 nitrogen and oxygen atoms in total. The summed E-state index contributed by atoms with van der Waals surface area (Å²) in [4.78, 5) is 15.2. The summed E-state index contributed by atoms with van der Waals surface area (Å²) in [5, 5.41) is 12.7. The first kappa shape index (κ1) is 11.6. The van der Waals surface area contributed by atoms with Crippen LogP contribution in [0.1, 0.15) is 21.9 Å². The Labute approximate surface area is 102 Å². The number of nitrogens with one attached hydrogen (secondary N) is 1. The minimum Gasteiger partial charge on any atom is -0.478 e. The van der Waals surface area contributed by atoms with Crippen molar-refractivity contribution in [3.8, 4) is 0 Å². The predicted molar refractivity (Wildman–Crippen MR) is 64.3 cm³/mol. The number of carboxylic acid groups (broad SMARTS) is 1. The van der Waals surface area contributed by atoms with Crippen molar-refractivity contribution in [3.63, 3.8) is 0 Å². The molecule has 2 heterocycles. The summed E-state index contributed by atoms with van der Waals surface area (Å²) in [7, 11) is 1.89. The maximum atomic E-state index is 11.0. The average molecular weight is 252 g/mol. The van der Waals surface area contributed by atoms with Crippen LogP contribution in [-0.2, 0) is 13.6 Å². The Bertz CT molecular complexity index is 546. The monoisotopic (exact) mass is 252 g/mol. The smallest absolute Gasteiger partial charge is 0.340 e. The van der Waals surface area contributed by atoms with Crippen LogP contribution in [0.25, 0.3) is 0 Å². The molecule has 17 heavy (non-hydrogen) atoms. The molecule has 0 unspecified atom stereocenters. The first-order valence-electron chi connectivity index (χ1n) is 4.99. The Kier molecular flexibility index (Phi) is 3.10. The molecule has 0 aliphatic rings. The van der Waals surface area contributed by atoms with Crippen LogP contribution in [-0.4, -0.2) is 25.0 Å². The van der Waals surface area contributed by atoms with E-state index in [9.17, 15) is 4.79 Å². The van der Waals surface area contributed by atoms with E-state index in [1.807, 2.05) is 17.8 Å². The fourth-order valence-electron chi connectivity index (χ4n) is 1.47. The van der Waals surface area contributed by atoms with E-state index >= 15 is 0 Å². The minimum absolute atomic E-state index is 0.240. The molecule has 2 N–H and O–H groups in total. The van der Waals surface area contributed by atoms with Gasteiger partial charge in [-0.25, -0.2) is 9.78 Å². The number of carbonyl (C=O) groups is 1. The highest BCUT2D eigenvalue weighted by atomic mass is 32.1. The van der Waals surface area contributed by atoms with Gasteiger partial charge in [-0.15, -0.1) is 0 Å². The third-order valence-corrected chi connectivity index (χ3v) is 3.30. The van der Waals surface area contributed by atoms with Gasteiger partial charge in [-0.3, -0.25) is 0 Å². The molecule has 2 aromatic rings. The maximum Gasteiger partial charge on any atom is 0.340 e. The van der Waals surface area contributed by atoms with Crippen LogP contribution < -0.4 is 5.32 Å². The molecule has 0 saturated heterocycles. The number of imidazole rings is 1. The second-order valence-electron chi connectivity index (χ2n) is 3.59. The van der Waals surface area contributed by atoms with Crippen molar-refractivity contribution in [1.29, 1.82) is 0 Å². The molecule has 90 valence electrons. The van der Waals surface area contributed by atoms with Crippen molar-refractivity contribution < 1.29 is 9.90 Å². The molecule has 0 radical (unpaired) electrons. The van der Waals surface area contributed by atoms with E-state index in [1.165, 1.54) is 0 Å².